The molecule has 2 aromatic heterocycles. The van der Waals surface area contributed by atoms with Crippen molar-refractivity contribution >= 4 is 55.6 Å². The predicted molar refractivity (Wildman–Crippen MR) is 165 cm³/mol. The van der Waals surface area contributed by atoms with Crippen LogP contribution < -0.4 is 15.0 Å². The molecular formula is C32H22BrClFN3O4. The quantitative estimate of drug-likeness (QED) is 0.156. The lowest BCUT2D eigenvalue weighted by Gasteiger charge is -2.14. The Hall–Kier alpha value is -4.47. The third-order valence-corrected chi connectivity index (χ3v) is 7.33. The number of rotatable bonds is 8. The molecule has 0 aliphatic rings. The highest BCUT2D eigenvalue weighted by Gasteiger charge is 2.17. The second-order valence-corrected chi connectivity index (χ2v) is 10.6. The second-order valence-electron chi connectivity index (χ2n) is 9.28. The predicted octanol–water partition coefficient (Wildman–Crippen LogP) is 8.22. The van der Waals surface area contributed by atoms with Crippen LogP contribution in [0.4, 0.5) is 4.39 Å². The Morgan fingerprint density at radius 3 is 2.69 bits per heavy atom. The number of benzene rings is 4. The molecule has 2 heterocycles. The Bertz CT molecular complexity index is 2040. The van der Waals surface area contributed by atoms with Gasteiger partial charge in [-0.15, -0.1) is 0 Å². The largest absolute Gasteiger partial charge is 0.490 e. The highest BCUT2D eigenvalue weighted by atomic mass is 79.9. The lowest BCUT2D eigenvalue weighted by atomic mass is 10.2. The van der Waals surface area contributed by atoms with Crippen molar-refractivity contribution in [2.24, 2.45) is 5.10 Å². The molecule has 0 saturated carbocycles. The van der Waals surface area contributed by atoms with Gasteiger partial charge in [0.25, 0.3) is 5.56 Å². The molecule has 6 aromatic rings. The van der Waals surface area contributed by atoms with Gasteiger partial charge in [-0.1, -0.05) is 35.9 Å². The number of nitrogens with zero attached hydrogens (tertiary/aromatic N) is 3. The normalized spacial score (nSPS) is 11.5. The van der Waals surface area contributed by atoms with Crippen LogP contribution in [0.3, 0.4) is 0 Å². The van der Waals surface area contributed by atoms with E-state index in [1.807, 2.05) is 13.0 Å². The van der Waals surface area contributed by atoms with E-state index in [4.69, 9.17) is 30.5 Å². The number of furan rings is 1. The molecule has 0 bridgehead atoms. The zero-order valence-electron chi connectivity index (χ0n) is 22.2. The first-order valence-electron chi connectivity index (χ1n) is 13.0. The van der Waals surface area contributed by atoms with Gasteiger partial charge < -0.3 is 13.9 Å². The molecule has 0 amide bonds. The number of para-hydroxylation sites is 1. The molecule has 6 rings (SSSR count). The van der Waals surface area contributed by atoms with E-state index in [-0.39, 0.29) is 23.8 Å². The molecule has 210 valence electrons. The summed E-state index contributed by atoms with van der Waals surface area (Å²) < 4.78 is 33.3. The molecule has 7 nitrogen and oxygen atoms in total. The summed E-state index contributed by atoms with van der Waals surface area (Å²) in [6, 6.07) is 23.8. The van der Waals surface area contributed by atoms with Crippen molar-refractivity contribution in [3.63, 3.8) is 0 Å². The Labute approximate surface area is 252 Å². The smallest absolute Gasteiger partial charge is 0.282 e. The van der Waals surface area contributed by atoms with Gasteiger partial charge in [0.15, 0.2) is 17.3 Å². The van der Waals surface area contributed by atoms with Crippen molar-refractivity contribution < 1.29 is 18.3 Å². The van der Waals surface area contributed by atoms with Crippen LogP contribution in [0.25, 0.3) is 33.5 Å². The average Bonchev–Trinajstić information content (AvgIpc) is 3.40. The molecular weight excluding hydrogens is 625 g/mol. The highest BCUT2D eigenvalue weighted by Crippen LogP contribution is 2.34. The molecule has 42 heavy (non-hydrogen) atoms. The number of ether oxygens (including phenoxy) is 2. The van der Waals surface area contributed by atoms with Crippen molar-refractivity contribution in [2.45, 2.75) is 13.5 Å². The molecule has 0 saturated heterocycles. The molecule has 0 spiro atoms. The van der Waals surface area contributed by atoms with Crippen LogP contribution in [0.1, 0.15) is 18.1 Å². The van der Waals surface area contributed by atoms with Gasteiger partial charge in [0.05, 0.1) is 23.7 Å². The third kappa shape index (κ3) is 5.66. The molecule has 10 heteroatoms. The molecule has 0 unspecified atom stereocenters. The van der Waals surface area contributed by atoms with E-state index < -0.39 is 0 Å². The maximum Gasteiger partial charge on any atom is 0.282 e. The number of fused-ring (bicyclic) bond motifs is 2. The molecule has 0 N–H and O–H groups in total. The minimum Gasteiger partial charge on any atom is -0.490 e. The minimum atomic E-state index is -0.360. The molecule has 4 aromatic carbocycles. The zero-order valence-corrected chi connectivity index (χ0v) is 24.5. The van der Waals surface area contributed by atoms with Crippen LogP contribution >= 0.6 is 27.5 Å². The Morgan fingerprint density at radius 2 is 1.86 bits per heavy atom. The lowest BCUT2D eigenvalue weighted by molar-refractivity contribution is 0.269. The maximum atomic E-state index is 13.6. The summed E-state index contributed by atoms with van der Waals surface area (Å²) in [6.45, 7) is 2.41. The van der Waals surface area contributed by atoms with Gasteiger partial charge >= 0.3 is 0 Å². The van der Waals surface area contributed by atoms with E-state index in [0.717, 1.165) is 5.39 Å². The van der Waals surface area contributed by atoms with Gasteiger partial charge in [0.1, 0.15) is 18.0 Å². The number of halogens is 3. The van der Waals surface area contributed by atoms with E-state index in [9.17, 15) is 9.18 Å². The first-order valence-corrected chi connectivity index (χ1v) is 14.2. The monoisotopic (exact) mass is 645 g/mol. The lowest BCUT2D eigenvalue weighted by Crippen LogP contribution is -2.20. The molecule has 0 atom stereocenters. The summed E-state index contributed by atoms with van der Waals surface area (Å²) in [5.41, 5.74) is 2.07. The zero-order chi connectivity index (χ0) is 29.2. The molecule has 0 radical (unpaired) electrons. The topological polar surface area (TPSA) is 78.9 Å². The second kappa shape index (κ2) is 11.8. The Morgan fingerprint density at radius 1 is 1.02 bits per heavy atom. The first-order chi connectivity index (χ1) is 20.4. The summed E-state index contributed by atoms with van der Waals surface area (Å²) >= 11 is 9.74. The minimum absolute atomic E-state index is 0.155. The van der Waals surface area contributed by atoms with Crippen LogP contribution in [0, 0.1) is 5.82 Å². The van der Waals surface area contributed by atoms with E-state index >= 15 is 0 Å². The summed E-state index contributed by atoms with van der Waals surface area (Å²) in [5, 5.41) is 6.29. The van der Waals surface area contributed by atoms with E-state index in [1.165, 1.54) is 23.0 Å². The van der Waals surface area contributed by atoms with Crippen molar-refractivity contribution in [1.82, 2.24) is 9.66 Å². The van der Waals surface area contributed by atoms with E-state index in [2.05, 4.69) is 21.0 Å². The summed E-state index contributed by atoms with van der Waals surface area (Å²) in [6.07, 6.45) is 1.53. The number of hydrogen-bond acceptors (Lipinski definition) is 6. The maximum absolute atomic E-state index is 13.6. The fraction of sp³-hybridized carbons (Fsp3) is 0.0938. The summed E-state index contributed by atoms with van der Waals surface area (Å²) in [7, 11) is 0. The standard InChI is InChI=1S/C32H22BrClFN3O4/c1-2-40-28-15-21(25(33)16-29(28)41-18-19-6-5-7-23(35)12-19)17-36-38-31(37-26-9-4-3-8-24(26)32(38)39)30-14-20-13-22(34)10-11-27(20)42-30/h3-17H,2,18H2,1H3. The first kappa shape index (κ1) is 27.7. The SMILES string of the molecule is CCOc1cc(C=Nn2c(-c3cc4cc(Cl)ccc4o3)nc3ccccc3c2=O)c(Br)cc1OCc1cccc(F)c1. The van der Waals surface area contributed by atoms with Crippen LogP contribution in [0.2, 0.25) is 5.02 Å². The number of hydrogen-bond donors (Lipinski definition) is 0. The average molecular weight is 647 g/mol. The van der Waals surface area contributed by atoms with Gasteiger partial charge in [-0.25, -0.2) is 9.37 Å². The van der Waals surface area contributed by atoms with E-state index in [0.29, 0.717) is 61.0 Å². The van der Waals surface area contributed by atoms with Gasteiger partial charge in [0, 0.05) is 20.4 Å². The van der Waals surface area contributed by atoms with Crippen LogP contribution in [0.5, 0.6) is 11.5 Å². The van der Waals surface area contributed by atoms with Crippen molar-refractivity contribution in [3.8, 4) is 23.1 Å². The van der Waals surface area contributed by atoms with Crippen molar-refractivity contribution in [3.05, 3.63) is 122 Å². The van der Waals surface area contributed by atoms with Crippen LogP contribution in [0.15, 0.2) is 104 Å². The van der Waals surface area contributed by atoms with Gasteiger partial charge in [-0.2, -0.15) is 9.78 Å². The summed E-state index contributed by atoms with van der Waals surface area (Å²) in [4.78, 5) is 18.3. The molecule has 0 fully saturated rings. The molecule has 0 aliphatic carbocycles. The van der Waals surface area contributed by atoms with Crippen molar-refractivity contribution in [1.29, 1.82) is 0 Å². The Balaban J connectivity index is 1.41. The fourth-order valence-electron chi connectivity index (χ4n) is 4.45. The van der Waals surface area contributed by atoms with Crippen LogP contribution in [-0.2, 0) is 6.61 Å². The van der Waals surface area contributed by atoms with Gasteiger partial charge in [-0.3, -0.25) is 4.79 Å². The van der Waals surface area contributed by atoms with Gasteiger partial charge in [-0.05, 0) is 89.1 Å². The van der Waals surface area contributed by atoms with Gasteiger partial charge in [0.2, 0.25) is 5.82 Å². The molecule has 0 aliphatic heterocycles. The van der Waals surface area contributed by atoms with Crippen LogP contribution in [-0.4, -0.2) is 22.5 Å². The third-order valence-electron chi connectivity index (χ3n) is 6.41. The highest BCUT2D eigenvalue weighted by molar-refractivity contribution is 9.10. The Kier molecular flexibility index (Phi) is 7.78. The van der Waals surface area contributed by atoms with Crippen molar-refractivity contribution in [2.75, 3.05) is 6.61 Å². The number of aromatic nitrogens is 2. The summed E-state index contributed by atoms with van der Waals surface area (Å²) in [5.74, 6) is 1.20. The fourth-order valence-corrected chi connectivity index (χ4v) is 5.06. The van der Waals surface area contributed by atoms with E-state index in [1.54, 1.807) is 66.7 Å².